The topological polar surface area (TPSA) is 70.5 Å². The average molecular weight is 381 g/mol. The largest absolute Gasteiger partial charge is 0.357 e. The minimum Gasteiger partial charge on any atom is -0.357 e. The molecule has 0 saturated heterocycles. The fourth-order valence-corrected chi connectivity index (χ4v) is 4.58. The highest BCUT2D eigenvalue weighted by Gasteiger charge is 2.36. The summed E-state index contributed by atoms with van der Waals surface area (Å²) in [5.74, 6) is 0. The maximum absolute atomic E-state index is 6.50. The molecule has 0 bridgehead atoms. The molecule has 0 amide bonds. The third-order valence-corrected chi connectivity index (χ3v) is 6.24. The Morgan fingerprint density at radius 1 is 0.643 bits per heavy atom. The molecule has 4 heteroatoms. The van der Waals surface area contributed by atoms with Gasteiger partial charge < -0.3 is 9.47 Å². The summed E-state index contributed by atoms with van der Waals surface area (Å²) >= 11 is 0. The van der Waals surface area contributed by atoms with Gasteiger partial charge in [-0.25, -0.2) is 0 Å². The lowest BCUT2D eigenvalue weighted by atomic mass is 10.1. The Balaban J connectivity index is 1.12. The zero-order chi connectivity index (χ0) is 19.5. The fraction of sp³-hybridized carbons (Fsp3) is 0.500. The zero-order valence-electron chi connectivity index (χ0n) is 16.7. The van der Waals surface area contributed by atoms with E-state index in [1.165, 1.54) is 11.1 Å². The van der Waals surface area contributed by atoms with Crippen LogP contribution in [0.25, 0.3) is 0 Å². The van der Waals surface area contributed by atoms with Gasteiger partial charge in [0.25, 0.3) is 0 Å². The number of hydrogen-bond donors (Lipinski definition) is 2. The number of ether oxygens (including phenoxy) is 2. The van der Waals surface area contributed by atoms with Crippen LogP contribution >= 0.6 is 0 Å². The van der Waals surface area contributed by atoms with Crippen LogP contribution in [0.5, 0.6) is 0 Å². The summed E-state index contributed by atoms with van der Waals surface area (Å²) in [7, 11) is 0. The molecule has 2 aliphatic rings. The monoisotopic (exact) mass is 380 g/mol. The van der Waals surface area contributed by atoms with E-state index in [9.17, 15) is 0 Å². The molecule has 4 rings (SSSR count). The second kappa shape index (κ2) is 8.34. The van der Waals surface area contributed by atoms with Gasteiger partial charge in [-0.15, -0.1) is 0 Å². The van der Waals surface area contributed by atoms with Crippen molar-refractivity contribution in [2.75, 3.05) is 13.2 Å². The first kappa shape index (κ1) is 19.6. The second-order valence-electron chi connectivity index (χ2n) is 8.20. The van der Waals surface area contributed by atoms with Crippen LogP contribution in [0.4, 0.5) is 0 Å². The van der Waals surface area contributed by atoms with Crippen LogP contribution < -0.4 is 11.5 Å². The molecule has 2 aromatic carbocycles. The van der Waals surface area contributed by atoms with Crippen molar-refractivity contribution in [1.29, 1.82) is 0 Å². The fourth-order valence-electron chi connectivity index (χ4n) is 4.58. The summed E-state index contributed by atoms with van der Waals surface area (Å²) in [5, 5.41) is 0. The van der Waals surface area contributed by atoms with Gasteiger partial charge in [0.05, 0.1) is 0 Å². The molecule has 0 saturated carbocycles. The lowest BCUT2D eigenvalue weighted by molar-refractivity contribution is -0.0505. The van der Waals surface area contributed by atoms with E-state index in [2.05, 4.69) is 36.4 Å². The number of unbranched alkanes of at least 4 members (excludes halogenated alkanes) is 3. The summed E-state index contributed by atoms with van der Waals surface area (Å²) < 4.78 is 12.2. The number of aryl methyl sites for hydroxylation is 2. The van der Waals surface area contributed by atoms with E-state index in [1.807, 2.05) is 12.1 Å². The van der Waals surface area contributed by atoms with Crippen LogP contribution in [0.1, 0.15) is 60.8 Å². The first-order chi connectivity index (χ1) is 13.6. The highest BCUT2D eigenvalue weighted by Crippen LogP contribution is 2.36. The van der Waals surface area contributed by atoms with E-state index >= 15 is 0 Å². The Labute approximate surface area is 168 Å². The SMILES string of the molecule is NC1(OCCCCCCOC2(N)CCc3ccccc32)CCc2ccccc21. The van der Waals surface area contributed by atoms with Crippen LogP contribution in [0.15, 0.2) is 48.5 Å². The molecular formula is C24H32N2O2. The predicted octanol–water partition coefficient (Wildman–Crippen LogP) is 4.10. The minimum absolute atomic E-state index is 0.596. The molecule has 2 atom stereocenters. The lowest BCUT2D eigenvalue weighted by Gasteiger charge is -2.26. The average Bonchev–Trinajstić information content (AvgIpc) is 3.23. The Morgan fingerprint density at radius 3 is 1.54 bits per heavy atom. The Hall–Kier alpha value is -1.72. The van der Waals surface area contributed by atoms with Gasteiger partial charge in [0, 0.05) is 24.3 Å². The second-order valence-corrected chi connectivity index (χ2v) is 8.20. The molecule has 0 aliphatic heterocycles. The molecular weight excluding hydrogens is 348 g/mol. The van der Waals surface area contributed by atoms with Crippen molar-refractivity contribution >= 4 is 0 Å². The zero-order valence-corrected chi connectivity index (χ0v) is 16.7. The van der Waals surface area contributed by atoms with E-state index in [4.69, 9.17) is 20.9 Å². The van der Waals surface area contributed by atoms with E-state index in [1.54, 1.807) is 0 Å². The van der Waals surface area contributed by atoms with Gasteiger partial charge >= 0.3 is 0 Å². The quantitative estimate of drug-likeness (QED) is 0.508. The molecule has 0 fully saturated rings. The van der Waals surface area contributed by atoms with Crippen molar-refractivity contribution in [3.05, 3.63) is 70.8 Å². The third-order valence-electron chi connectivity index (χ3n) is 6.24. The summed E-state index contributed by atoms with van der Waals surface area (Å²) in [6.07, 6.45) is 8.06. The molecule has 2 aromatic rings. The van der Waals surface area contributed by atoms with E-state index in [0.717, 1.165) is 62.5 Å². The summed E-state index contributed by atoms with van der Waals surface area (Å²) in [4.78, 5) is 0. The van der Waals surface area contributed by atoms with Crippen LogP contribution in [-0.2, 0) is 33.8 Å². The van der Waals surface area contributed by atoms with Crippen LogP contribution in [0.3, 0.4) is 0 Å². The number of hydrogen-bond acceptors (Lipinski definition) is 4. The van der Waals surface area contributed by atoms with Gasteiger partial charge in [-0.2, -0.15) is 0 Å². The van der Waals surface area contributed by atoms with Gasteiger partial charge in [0.2, 0.25) is 0 Å². The molecule has 0 radical (unpaired) electrons. The molecule has 4 N–H and O–H groups in total. The van der Waals surface area contributed by atoms with E-state index in [-0.39, 0.29) is 0 Å². The van der Waals surface area contributed by atoms with Gasteiger partial charge in [0.15, 0.2) is 0 Å². The lowest BCUT2D eigenvalue weighted by Crippen LogP contribution is -2.37. The molecule has 28 heavy (non-hydrogen) atoms. The minimum atomic E-state index is -0.596. The van der Waals surface area contributed by atoms with Crippen LogP contribution in [0.2, 0.25) is 0 Å². The number of rotatable bonds is 9. The molecule has 2 unspecified atom stereocenters. The van der Waals surface area contributed by atoms with Crippen molar-refractivity contribution in [2.24, 2.45) is 11.5 Å². The van der Waals surface area contributed by atoms with Gasteiger partial charge in [0.1, 0.15) is 11.4 Å². The first-order valence-corrected chi connectivity index (χ1v) is 10.6. The predicted molar refractivity (Wildman–Crippen MR) is 112 cm³/mol. The maximum Gasteiger partial charge on any atom is 0.143 e. The van der Waals surface area contributed by atoms with Crippen molar-refractivity contribution < 1.29 is 9.47 Å². The Morgan fingerprint density at radius 2 is 1.07 bits per heavy atom. The smallest absolute Gasteiger partial charge is 0.143 e. The number of benzene rings is 2. The maximum atomic E-state index is 6.50. The molecule has 2 aliphatic carbocycles. The Bertz CT molecular complexity index is 741. The highest BCUT2D eigenvalue weighted by atomic mass is 16.5. The first-order valence-electron chi connectivity index (χ1n) is 10.6. The number of nitrogens with two attached hydrogens (primary N) is 2. The van der Waals surface area contributed by atoms with Gasteiger partial charge in [-0.3, -0.25) is 11.5 Å². The number of fused-ring (bicyclic) bond motifs is 2. The molecule has 0 aromatic heterocycles. The molecule has 0 heterocycles. The summed E-state index contributed by atoms with van der Waals surface area (Å²) in [6.45, 7) is 1.42. The van der Waals surface area contributed by atoms with Crippen molar-refractivity contribution in [1.82, 2.24) is 0 Å². The van der Waals surface area contributed by atoms with E-state index < -0.39 is 11.4 Å². The summed E-state index contributed by atoms with van der Waals surface area (Å²) in [5.41, 5.74) is 16.8. The normalized spacial score (nSPS) is 25.6. The van der Waals surface area contributed by atoms with Crippen molar-refractivity contribution in [3.63, 3.8) is 0 Å². The van der Waals surface area contributed by atoms with Gasteiger partial charge in [-0.1, -0.05) is 61.4 Å². The summed E-state index contributed by atoms with van der Waals surface area (Å²) in [6, 6.07) is 16.7. The van der Waals surface area contributed by atoms with Crippen LogP contribution in [0, 0.1) is 0 Å². The van der Waals surface area contributed by atoms with Crippen LogP contribution in [-0.4, -0.2) is 13.2 Å². The third kappa shape index (κ3) is 4.01. The standard InChI is InChI=1S/C24H32N2O2/c25-23(15-13-19-9-3-5-11-21(19)23)27-17-7-1-2-8-18-28-24(26)16-14-20-10-4-6-12-22(20)24/h3-6,9-12H,1-2,7-8,13-18,25-26H2. The van der Waals surface area contributed by atoms with Crippen molar-refractivity contribution in [2.45, 2.75) is 62.8 Å². The molecule has 0 spiro atoms. The van der Waals surface area contributed by atoms with E-state index in [0.29, 0.717) is 13.2 Å². The Kier molecular flexibility index (Phi) is 5.83. The van der Waals surface area contributed by atoms with Gasteiger partial charge in [-0.05, 0) is 49.7 Å². The molecule has 150 valence electrons. The highest BCUT2D eigenvalue weighted by molar-refractivity contribution is 5.37. The van der Waals surface area contributed by atoms with Crippen molar-refractivity contribution in [3.8, 4) is 0 Å². The molecule has 4 nitrogen and oxygen atoms in total.